The molecule has 0 spiro atoms. The Hall–Kier alpha value is -2.08. The predicted molar refractivity (Wildman–Crippen MR) is 96.2 cm³/mol. The van der Waals surface area contributed by atoms with Crippen LogP contribution in [0.15, 0.2) is 48.5 Å². The van der Waals surface area contributed by atoms with Gasteiger partial charge < -0.3 is 9.47 Å². The number of aryl methyl sites for hydroxylation is 1. The zero-order valence-electron chi connectivity index (χ0n) is 15.3. The lowest BCUT2D eigenvalue weighted by molar-refractivity contribution is -0.244. The van der Waals surface area contributed by atoms with E-state index >= 15 is 0 Å². The average molecular weight is 384 g/mol. The molecule has 0 heterocycles. The number of ether oxygens (including phenoxy) is 2. The van der Waals surface area contributed by atoms with Gasteiger partial charge in [0.1, 0.15) is 5.75 Å². The molecule has 0 amide bonds. The Morgan fingerprint density at radius 1 is 0.852 bits per heavy atom. The van der Waals surface area contributed by atoms with E-state index in [0.717, 1.165) is 19.3 Å². The van der Waals surface area contributed by atoms with E-state index in [-0.39, 0.29) is 17.9 Å². The Morgan fingerprint density at radius 3 is 2.04 bits per heavy atom. The van der Waals surface area contributed by atoms with Crippen molar-refractivity contribution in [3.05, 3.63) is 65.2 Å². The monoisotopic (exact) mass is 384 g/mol. The van der Waals surface area contributed by atoms with Gasteiger partial charge in [0.15, 0.2) is 0 Å². The van der Waals surface area contributed by atoms with Crippen molar-refractivity contribution in [3.8, 4) is 5.75 Å². The number of rotatable bonds is 11. The molecule has 0 saturated heterocycles. The Balaban J connectivity index is 1.83. The van der Waals surface area contributed by atoms with Crippen LogP contribution in [0.3, 0.4) is 0 Å². The van der Waals surface area contributed by atoms with Crippen LogP contribution >= 0.6 is 0 Å². The number of benzene rings is 2. The maximum absolute atomic E-state index is 14.0. The summed E-state index contributed by atoms with van der Waals surface area (Å²) in [5, 5.41) is 0. The SMILES string of the molecule is CCCCCc1ccc(COC(F)(F)Cc2ccc(OC(F)F)cc2)cc1. The Labute approximate surface area is 157 Å². The molecular weight excluding hydrogens is 360 g/mol. The maximum atomic E-state index is 14.0. The van der Waals surface area contributed by atoms with Crippen LogP contribution in [0, 0.1) is 0 Å². The molecule has 27 heavy (non-hydrogen) atoms. The highest BCUT2D eigenvalue weighted by molar-refractivity contribution is 5.28. The molecule has 0 aliphatic rings. The molecule has 0 fully saturated rings. The molecule has 0 aliphatic carbocycles. The first kappa shape index (κ1) is 21.2. The summed E-state index contributed by atoms with van der Waals surface area (Å²) >= 11 is 0. The van der Waals surface area contributed by atoms with Gasteiger partial charge in [0.05, 0.1) is 13.0 Å². The van der Waals surface area contributed by atoms with Crippen LogP contribution in [0.5, 0.6) is 5.75 Å². The number of hydrogen-bond donors (Lipinski definition) is 0. The summed E-state index contributed by atoms with van der Waals surface area (Å²) in [4.78, 5) is 0. The van der Waals surface area contributed by atoms with Gasteiger partial charge in [-0.05, 0) is 41.7 Å². The second-order valence-corrected chi connectivity index (χ2v) is 6.40. The smallest absolute Gasteiger partial charge is 0.387 e. The first-order chi connectivity index (χ1) is 12.9. The van der Waals surface area contributed by atoms with Crippen LogP contribution in [0.2, 0.25) is 0 Å². The van der Waals surface area contributed by atoms with Gasteiger partial charge in [0.2, 0.25) is 0 Å². The third kappa shape index (κ3) is 7.99. The van der Waals surface area contributed by atoms with E-state index in [1.54, 1.807) is 12.1 Å². The fraction of sp³-hybridized carbons (Fsp3) is 0.429. The van der Waals surface area contributed by atoms with Gasteiger partial charge in [0.25, 0.3) is 0 Å². The van der Waals surface area contributed by atoms with Gasteiger partial charge in [-0.3, -0.25) is 0 Å². The summed E-state index contributed by atoms with van der Waals surface area (Å²) in [7, 11) is 0. The molecule has 0 unspecified atom stereocenters. The Kier molecular flexibility index (Phi) is 8.10. The van der Waals surface area contributed by atoms with Crippen LogP contribution in [0.1, 0.15) is 42.9 Å². The largest absolute Gasteiger partial charge is 0.435 e. The van der Waals surface area contributed by atoms with E-state index in [1.807, 2.05) is 12.1 Å². The molecule has 2 aromatic carbocycles. The number of hydrogen-bond acceptors (Lipinski definition) is 2. The van der Waals surface area contributed by atoms with Crippen LogP contribution in [-0.4, -0.2) is 12.7 Å². The van der Waals surface area contributed by atoms with Gasteiger partial charge >= 0.3 is 12.7 Å². The summed E-state index contributed by atoms with van der Waals surface area (Å²) in [6, 6.07) is 12.6. The minimum atomic E-state index is -3.36. The summed E-state index contributed by atoms with van der Waals surface area (Å²) in [6.45, 7) is -1.00. The number of alkyl halides is 4. The van der Waals surface area contributed by atoms with Crippen molar-refractivity contribution in [1.29, 1.82) is 0 Å². The standard InChI is InChI=1S/C21H24F4O2/c1-2-3-4-5-16-6-8-18(9-7-16)15-26-21(24,25)14-17-10-12-19(13-11-17)27-20(22)23/h6-13,20H,2-5,14-15H2,1H3. The zero-order chi connectivity index (χ0) is 19.7. The molecule has 0 bridgehead atoms. The van der Waals surface area contributed by atoms with Crippen molar-refractivity contribution < 1.29 is 27.0 Å². The highest BCUT2D eigenvalue weighted by Gasteiger charge is 2.30. The fourth-order valence-electron chi connectivity index (χ4n) is 2.65. The summed E-state index contributed by atoms with van der Waals surface area (Å²) < 4.78 is 61.2. The normalized spacial score (nSPS) is 11.8. The molecule has 0 atom stereocenters. The van der Waals surface area contributed by atoms with E-state index < -0.39 is 19.1 Å². The van der Waals surface area contributed by atoms with E-state index in [1.165, 1.54) is 36.2 Å². The third-order valence-electron chi connectivity index (χ3n) is 4.10. The van der Waals surface area contributed by atoms with Gasteiger partial charge in [0, 0.05) is 0 Å². The van der Waals surface area contributed by atoms with Crippen LogP contribution in [0.4, 0.5) is 17.6 Å². The topological polar surface area (TPSA) is 18.5 Å². The fourth-order valence-corrected chi connectivity index (χ4v) is 2.65. The molecule has 2 rings (SSSR count). The third-order valence-corrected chi connectivity index (χ3v) is 4.10. The van der Waals surface area contributed by atoms with Crippen molar-refractivity contribution in [2.75, 3.05) is 0 Å². The van der Waals surface area contributed by atoms with Crippen LogP contribution in [-0.2, 0) is 24.2 Å². The molecule has 0 aliphatic heterocycles. The molecule has 0 aromatic heterocycles. The Bertz CT molecular complexity index is 670. The van der Waals surface area contributed by atoms with Crippen molar-refractivity contribution in [1.82, 2.24) is 0 Å². The van der Waals surface area contributed by atoms with E-state index in [9.17, 15) is 17.6 Å². The van der Waals surface area contributed by atoms with Gasteiger partial charge in [-0.1, -0.05) is 56.2 Å². The lowest BCUT2D eigenvalue weighted by atomic mass is 10.1. The van der Waals surface area contributed by atoms with Crippen molar-refractivity contribution in [2.45, 2.75) is 58.4 Å². The van der Waals surface area contributed by atoms with Crippen molar-refractivity contribution in [3.63, 3.8) is 0 Å². The van der Waals surface area contributed by atoms with Crippen molar-refractivity contribution in [2.24, 2.45) is 0 Å². The van der Waals surface area contributed by atoms with E-state index in [4.69, 9.17) is 4.74 Å². The summed E-state index contributed by atoms with van der Waals surface area (Å²) in [5.74, 6) is -0.0722. The molecule has 0 saturated carbocycles. The second kappa shape index (κ2) is 10.3. The quantitative estimate of drug-likeness (QED) is 0.331. The Morgan fingerprint density at radius 2 is 1.44 bits per heavy atom. The lowest BCUT2D eigenvalue weighted by Gasteiger charge is -2.17. The van der Waals surface area contributed by atoms with Crippen LogP contribution in [0.25, 0.3) is 0 Å². The molecule has 6 heteroatoms. The predicted octanol–water partition coefficient (Wildman–Crippen LogP) is 6.37. The zero-order valence-corrected chi connectivity index (χ0v) is 15.3. The summed E-state index contributed by atoms with van der Waals surface area (Å²) in [6.07, 6.45) is 0.430. The maximum Gasteiger partial charge on any atom is 0.387 e. The molecule has 0 radical (unpaired) electrons. The van der Waals surface area contributed by atoms with Crippen LogP contribution < -0.4 is 4.74 Å². The van der Waals surface area contributed by atoms with E-state index in [0.29, 0.717) is 5.56 Å². The lowest BCUT2D eigenvalue weighted by Crippen LogP contribution is -2.23. The minimum Gasteiger partial charge on any atom is -0.435 e. The first-order valence-corrected chi connectivity index (χ1v) is 9.01. The summed E-state index contributed by atoms with van der Waals surface area (Å²) in [5.41, 5.74) is 2.13. The molecular formula is C21H24F4O2. The number of unbranched alkanes of at least 4 members (excludes halogenated alkanes) is 2. The molecule has 2 nitrogen and oxygen atoms in total. The highest BCUT2D eigenvalue weighted by atomic mass is 19.3. The molecule has 0 N–H and O–H groups in total. The first-order valence-electron chi connectivity index (χ1n) is 9.01. The van der Waals surface area contributed by atoms with Crippen molar-refractivity contribution >= 4 is 0 Å². The van der Waals surface area contributed by atoms with Gasteiger partial charge in [-0.15, -0.1) is 0 Å². The second-order valence-electron chi connectivity index (χ2n) is 6.40. The van der Waals surface area contributed by atoms with Gasteiger partial charge in [-0.2, -0.15) is 17.6 Å². The number of halogens is 4. The molecule has 2 aromatic rings. The van der Waals surface area contributed by atoms with E-state index in [2.05, 4.69) is 11.7 Å². The highest BCUT2D eigenvalue weighted by Crippen LogP contribution is 2.25. The minimum absolute atomic E-state index is 0.0722. The average Bonchev–Trinajstić information content (AvgIpc) is 2.62. The van der Waals surface area contributed by atoms with Gasteiger partial charge in [-0.25, -0.2) is 0 Å². The molecule has 148 valence electrons.